The van der Waals surface area contributed by atoms with Gasteiger partial charge in [-0.2, -0.15) is 0 Å². The van der Waals surface area contributed by atoms with Gasteiger partial charge in [-0.25, -0.2) is 0 Å². The lowest BCUT2D eigenvalue weighted by Gasteiger charge is -2.33. The second kappa shape index (κ2) is 29.6. The molecule has 1 rings (SSSR count). The van der Waals surface area contributed by atoms with Gasteiger partial charge in [0.2, 0.25) is 23.6 Å². The summed E-state index contributed by atoms with van der Waals surface area (Å²) >= 11 is 0. The predicted octanol–water partition coefficient (Wildman–Crippen LogP) is -3.57. The first-order valence-corrected chi connectivity index (χ1v) is 21.4. The second-order valence-electron chi connectivity index (χ2n) is 13.5. The number of carbonyl (C=O) groups excluding carboxylic acids is 5. The Labute approximate surface area is 346 Å². The van der Waals surface area contributed by atoms with Crippen LogP contribution in [-0.2, 0) is 43.1 Å². The van der Waals surface area contributed by atoms with Gasteiger partial charge in [0.1, 0.15) is 12.3 Å². The van der Waals surface area contributed by atoms with Crippen molar-refractivity contribution in [3.63, 3.8) is 0 Å². The molecule has 4 unspecified atom stereocenters. The second-order valence-corrected chi connectivity index (χ2v) is 16.1. The monoisotopic (exact) mass is 866 g/mol. The van der Waals surface area contributed by atoms with E-state index in [1.54, 1.807) is 9.80 Å². The zero-order valence-corrected chi connectivity index (χ0v) is 35.2. The van der Waals surface area contributed by atoms with Crippen LogP contribution in [-0.4, -0.2) is 210 Å². The summed E-state index contributed by atoms with van der Waals surface area (Å²) in [5, 5.41) is 38.3. The standard InChI is InChI=1S/C34H62N10O12S2/c1-4-41-9-11-42(13-14-44(19-32(52)53)16-15-43(12-10-41)18-31(50)51)17-28(47)40-29(56-22-35)21-58-57-20-26(33(36)54)38-27(46)7-5-24(23(2)45)39-34(55)25(37-3)6-8-30(48)49/h24-26,29,37H,4-22,35H2,1-3H3,(H2,36,54)(H,38,46)(H,39,55)(H,40,47)(H,48,49)(H,50,51)(H,52,53). The van der Waals surface area contributed by atoms with E-state index in [-0.39, 0.29) is 69.5 Å². The summed E-state index contributed by atoms with van der Waals surface area (Å²) in [6, 6.07) is -2.96. The molecule has 1 fully saturated rings. The number of carboxylic acid groups (broad SMARTS) is 3. The average molecular weight is 867 g/mol. The fourth-order valence-electron chi connectivity index (χ4n) is 5.71. The van der Waals surface area contributed by atoms with Crippen molar-refractivity contribution in [2.24, 2.45) is 11.5 Å². The van der Waals surface area contributed by atoms with Gasteiger partial charge in [-0.15, -0.1) is 0 Å². The lowest BCUT2D eigenvalue weighted by Crippen LogP contribution is -2.50. The van der Waals surface area contributed by atoms with Gasteiger partial charge >= 0.3 is 17.9 Å². The topological polar surface area (TPSA) is 320 Å². The van der Waals surface area contributed by atoms with Gasteiger partial charge in [0, 0.05) is 76.7 Å². The molecule has 4 atom stereocenters. The van der Waals surface area contributed by atoms with Gasteiger partial charge in [-0.05, 0) is 33.4 Å². The normalized spacial score (nSPS) is 17.4. The number of hydrogen-bond acceptors (Lipinski definition) is 17. The summed E-state index contributed by atoms with van der Waals surface area (Å²) in [6.45, 7) is 6.94. The van der Waals surface area contributed by atoms with Crippen LogP contribution in [0.5, 0.6) is 0 Å². The zero-order valence-electron chi connectivity index (χ0n) is 33.5. The number of primary amides is 1. The molecule has 0 spiro atoms. The maximum Gasteiger partial charge on any atom is 0.317 e. The molecule has 0 aromatic heterocycles. The summed E-state index contributed by atoms with van der Waals surface area (Å²) in [4.78, 5) is 104. The van der Waals surface area contributed by atoms with E-state index < -0.39 is 65.8 Å². The molecule has 4 amide bonds. The van der Waals surface area contributed by atoms with E-state index in [9.17, 15) is 48.6 Å². The van der Waals surface area contributed by atoms with E-state index in [0.29, 0.717) is 58.9 Å². The molecule has 22 nitrogen and oxygen atoms in total. The average Bonchev–Trinajstić information content (AvgIpc) is 3.14. The lowest BCUT2D eigenvalue weighted by molar-refractivity contribution is -0.140. The molecular weight excluding hydrogens is 805 g/mol. The van der Waals surface area contributed by atoms with E-state index in [1.807, 2.05) is 11.8 Å². The molecule has 1 saturated heterocycles. The van der Waals surface area contributed by atoms with Crippen molar-refractivity contribution in [2.75, 3.05) is 104 Å². The summed E-state index contributed by atoms with van der Waals surface area (Å²) in [5.74, 6) is -5.54. The van der Waals surface area contributed by atoms with Gasteiger partial charge in [0.15, 0.2) is 5.78 Å². The molecule has 11 N–H and O–H groups in total. The molecule has 1 aliphatic rings. The smallest absolute Gasteiger partial charge is 0.317 e. The Morgan fingerprint density at radius 2 is 1.16 bits per heavy atom. The highest BCUT2D eigenvalue weighted by atomic mass is 33.1. The van der Waals surface area contributed by atoms with Crippen molar-refractivity contribution in [2.45, 2.75) is 63.9 Å². The third-order valence-corrected chi connectivity index (χ3v) is 11.5. The highest BCUT2D eigenvalue weighted by Crippen LogP contribution is 2.23. The SMILES string of the molecule is CCN1CCN(CC(=O)O)CCN(CC(=O)O)CCN(CC(=O)NC(CSSCC(NC(=O)CCC(NC(=O)C(CCC(=O)O)NC)C(C)=O)C(N)=O)OCN)CC1. The molecule has 1 aliphatic heterocycles. The fourth-order valence-corrected chi connectivity index (χ4v) is 7.95. The fraction of sp³-hybridized carbons (Fsp3) is 0.765. The summed E-state index contributed by atoms with van der Waals surface area (Å²) < 4.78 is 5.53. The molecule has 0 aromatic carbocycles. The molecule has 0 aliphatic carbocycles. The molecule has 24 heteroatoms. The minimum Gasteiger partial charge on any atom is -0.481 e. The quantitative estimate of drug-likeness (QED) is 0.0219. The number of carbonyl (C=O) groups is 8. The number of ketones is 1. The Morgan fingerprint density at radius 1 is 0.655 bits per heavy atom. The van der Waals surface area contributed by atoms with E-state index in [1.165, 1.54) is 35.6 Å². The number of rotatable bonds is 27. The molecule has 58 heavy (non-hydrogen) atoms. The highest BCUT2D eigenvalue weighted by molar-refractivity contribution is 8.76. The highest BCUT2D eigenvalue weighted by Gasteiger charge is 2.26. The van der Waals surface area contributed by atoms with Crippen LogP contribution in [0.3, 0.4) is 0 Å². The van der Waals surface area contributed by atoms with Gasteiger partial charge < -0.3 is 57.7 Å². The van der Waals surface area contributed by atoms with Crippen LogP contribution in [0.2, 0.25) is 0 Å². The first kappa shape index (κ1) is 52.4. The number of carboxylic acids is 3. The van der Waals surface area contributed by atoms with Crippen molar-refractivity contribution in [1.29, 1.82) is 0 Å². The number of aliphatic carboxylic acids is 3. The molecule has 0 radical (unpaired) electrons. The maximum atomic E-state index is 13.2. The van der Waals surface area contributed by atoms with Crippen LogP contribution in [0.1, 0.15) is 39.5 Å². The molecular formula is C34H62N10O12S2. The minimum absolute atomic E-state index is 0.00244. The van der Waals surface area contributed by atoms with Crippen LogP contribution >= 0.6 is 21.6 Å². The van der Waals surface area contributed by atoms with Crippen LogP contribution in [0, 0.1) is 0 Å². The Kier molecular flexibility index (Phi) is 26.7. The largest absolute Gasteiger partial charge is 0.481 e. The first-order valence-electron chi connectivity index (χ1n) is 18.9. The molecule has 332 valence electrons. The summed E-state index contributed by atoms with van der Waals surface area (Å²) in [5.41, 5.74) is 11.2. The number of nitrogens with two attached hydrogens (primary N) is 2. The number of ether oxygens (including phenoxy) is 1. The van der Waals surface area contributed by atoms with Gasteiger partial charge in [0.05, 0.1) is 38.4 Å². The molecule has 0 bridgehead atoms. The van der Waals surface area contributed by atoms with E-state index in [2.05, 4.69) is 26.2 Å². The van der Waals surface area contributed by atoms with Gasteiger partial charge in [-0.3, -0.25) is 53.1 Å². The number of nitrogens with zero attached hydrogens (tertiary/aromatic N) is 4. The van der Waals surface area contributed by atoms with Crippen molar-refractivity contribution in [3.8, 4) is 0 Å². The lowest BCUT2D eigenvalue weighted by atomic mass is 10.1. The van der Waals surface area contributed by atoms with E-state index in [4.69, 9.17) is 21.3 Å². The number of amides is 4. The first-order chi connectivity index (χ1) is 27.5. The van der Waals surface area contributed by atoms with E-state index >= 15 is 0 Å². The van der Waals surface area contributed by atoms with Crippen LogP contribution in [0.15, 0.2) is 0 Å². The van der Waals surface area contributed by atoms with Crippen LogP contribution in [0.4, 0.5) is 0 Å². The molecule has 0 aromatic rings. The Balaban J connectivity index is 2.75. The third-order valence-electron chi connectivity index (χ3n) is 9.08. The number of hydrogen-bond donors (Lipinski definition) is 9. The molecule has 0 saturated carbocycles. The van der Waals surface area contributed by atoms with Crippen molar-refractivity contribution >= 4 is 68.9 Å². The number of nitrogens with one attached hydrogen (secondary N) is 4. The maximum absolute atomic E-state index is 13.2. The Morgan fingerprint density at radius 3 is 1.60 bits per heavy atom. The van der Waals surface area contributed by atoms with Crippen molar-refractivity contribution in [3.05, 3.63) is 0 Å². The third kappa shape index (κ3) is 23.7. The summed E-state index contributed by atoms with van der Waals surface area (Å²) in [6.07, 6.45) is -1.37. The number of likely N-dealkylation sites (N-methyl/N-ethyl adjacent to an activating group) is 2. The van der Waals surface area contributed by atoms with Crippen LogP contribution in [0.25, 0.3) is 0 Å². The zero-order chi connectivity index (χ0) is 43.6. The van der Waals surface area contributed by atoms with Gasteiger partial charge in [-0.1, -0.05) is 28.5 Å². The predicted molar refractivity (Wildman–Crippen MR) is 216 cm³/mol. The van der Waals surface area contributed by atoms with Crippen molar-refractivity contribution < 1.29 is 58.4 Å². The van der Waals surface area contributed by atoms with E-state index in [0.717, 1.165) is 0 Å². The number of Topliss-reactive ketones (excluding diaryl/α,β-unsaturated/α-hetero) is 1. The Bertz CT molecular complexity index is 1350. The summed E-state index contributed by atoms with van der Waals surface area (Å²) in [7, 11) is 3.90. The van der Waals surface area contributed by atoms with Crippen molar-refractivity contribution in [1.82, 2.24) is 40.9 Å². The van der Waals surface area contributed by atoms with Crippen LogP contribution < -0.4 is 32.7 Å². The van der Waals surface area contributed by atoms with Gasteiger partial charge in [0.25, 0.3) is 0 Å². The minimum atomic E-state index is -1.08. The molecule has 1 heterocycles. The Hall–Kier alpha value is -3.62.